The van der Waals surface area contributed by atoms with E-state index in [2.05, 4.69) is 33.0 Å². The van der Waals surface area contributed by atoms with Gasteiger partial charge in [-0.05, 0) is 24.5 Å². The summed E-state index contributed by atoms with van der Waals surface area (Å²) >= 11 is 9.81. The number of halogens is 2. The monoisotopic (exact) mass is 312 g/mol. The summed E-state index contributed by atoms with van der Waals surface area (Å²) in [6, 6.07) is 8.75. The van der Waals surface area contributed by atoms with Gasteiger partial charge in [0.1, 0.15) is 0 Å². The van der Waals surface area contributed by atoms with E-state index in [1.807, 2.05) is 12.1 Å². The van der Waals surface area contributed by atoms with Crippen LogP contribution in [0.1, 0.15) is 24.8 Å². The van der Waals surface area contributed by atoms with Crippen molar-refractivity contribution < 1.29 is 0 Å². The Bertz CT molecular complexity index is 438. The van der Waals surface area contributed by atoms with Crippen LogP contribution in [0.5, 0.6) is 0 Å². The standard InChI is InChI=1S/C13H14BrClN2/c14-9-10-3-1-4-12(15)13(10)17(8-2-7-16)11-5-6-11/h1,3-4,11H,2,5-6,8-9H2. The fraction of sp³-hybridized carbons (Fsp3) is 0.462. The summed E-state index contributed by atoms with van der Waals surface area (Å²) in [5.74, 6) is 0. The Labute approximate surface area is 115 Å². The average Bonchev–Trinajstić information content (AvgIpc) is 3.15. The zero-order valence-corrected chi connectivity index (χ0v) is 11.8. The first-order valence-corrected chi connectivity index (χ1v) is 7.24. The molecule has 0 saturated heterocycles. The van der Waals surface area contributed by atoms with Crippen molar-refractivity contribution in [3.8, 4) is 6.07 Å². The quantitative estimate of drug-likeness (QED) is 0.765. The molecule has 0 radical (unpaired) electrons. The summed E-state index contributed by atoms with van der Waals surface area (Å²) < 4.78 is 0. The van der Waals surface area contributed by atoms with E-state index in [1.54, 1.807) is 0 Å². The number of alkyl halides is 1. The van der Waals surface area contributed by atoms with Crippen molar-refractivity contribution in [3.05, 3.63) is 28.8 Å². The lowest BCUT2D eigenvalue weighted by Crippen LogP contribution is -2.27. The molecule has 0 heterocycles. The Balaban J connectivity index is 2.31. The Morgan fingerprint density at radius 3 is 2.82 bits per heavy atom. The van der Waals surface area contributed by atoms with Crippen LogP contribution in [-0.2, 0) is 5.33 Å². The molecule has 1 aromatic rings. The highest BCUT2D eigenvalue weighted by Gasteiger charge is 2.31. The highest BCUT2D eigenvalue weighted by molar-refractivity contribution is 9.08. The first-order chi connectivity index (χ1) is 8.27. The number of anilines is 1. The topological polar surface area (TPSA) is 27.0 Å². The van der Waals surface area contributed by atoms with Gasteiger partial charge in [-0.2, -0.15) is 5.26 Å². The van der Waals surface area contributed by atoms with E-state index in [9.17, 15) is 0 Å². The minimum atomic E-state index is 0.545. The second-order valence-electron chi connectivity index (χ2n) is 4.21. The van der Waals surface area contributed by atoms with Crippen molar-refractivity contribution >= 4 is 33.2 Å². The van der Waals surface area contributed by atoms with Crippen LogP contribution in [0.3, 0.4) is 0 Å². The van der Waals surface area contributed by atoms with Crippen molar-refractivity contribution in [2.75, 3.05) is 11.4 Å². The Kier molecular flexibility index (Phi) is 4.31. The van der Waals surface area contributed by atoms with Gasteiger partial charge in [0.2, 0.25) is 0 Å². The highest BCUT2D eigenvalue weighted by Crippen LogP contribution is 2.38. The van der Waals surface area contributed by atoms with Gasteiger partial charge in [-0.1, -0.05) is 39.7 Å². The SMILES string of the molecule is N#CCCN(c1c(Cl)cccc1CBr)C1CC1. The van der Waals surface area contributed by atoms with E-state index < -0.39 is 0 Å². The molecule has 1 aliphatic carbocycles. The number of para-hydroxylation sites is 1. The second-order valence-corrected chi connectivity index (χ2v) is 5.18. The number of nitriles is 1. The van der Waals surface area contributed by atoms with E-state index in [1.165, 1.54) is 18.4 Å². The zero-order chi connectivity index (χ0) is 12.3. The van der Waals surface area contributed by atoms with Crippen molar-refractivity contribution in [2.45, 2.75) is 30.6 Å². The van der Waals surface area contributed by atoms with Crippen molar-refractivity contribution in [3.63, 3.8) is 0 Å². The lowest BCUT2D eigenvalue weighted by atomic mass is 10.1. The van der Waals surface area contributed by atoms with Crippen LogP contribution in [0, 0.1) is 11.3 Å². The molecule has 1 fully saturated rings. The molecule has 0 amide bonds. The summed E-state index contributed by atoms with van der Waals surface area (Å²) in [7, 11) is 0. The van der Waals surface area contributed by atoms with Crippen LogP contribution < -0.4 is 4.90 Å². The van der Waals surface area contributed by atoms with Gasteiger partial charge in [0.15, 0.2) is 0 Å². The van der Waals surface area contributed by atoms with E-state index in [-0.39, 0.29) is 0 Å². The molecule has 1 aromatic carbocycles. The summed E-state index contributed by atoms with van der Waals surface area (Å²) in [6.45, 7) is 0.769. The summed E-state index contributed by atoms with van der Waals surface area (Å²) in [6.07, 6.45) is 2.96. The average molecular weight is 314 g/mol. The van der Waals surface area contributed by atoms with Gasteiger partial charge in [-0.25, -0.2) is 0 Å². The van der Waals surface area contributed by atoms with Crippen molar-refractivity contribution in [1.82, 2.24) is 0 Å². The number of hydrogen-bond acceptors (Lipinski definition) is 2. The minimum absolute atomic E-state index is 0.545. The molecule has 0 aliphatic heterocycles. The summed E-state index contributed by atoms with van der Waals surface area (Å²) in [5, 5.41) is 10.3. The molecule has 17 heavy (non-hydrogen) atoms. The molecule has 90 valence electrons. The molecule has 2 rings (SSSR count). The molecule has 0 bridgehead atoms. The number of benzene rings is 1. The van der Waals surface area contributed by atoms with E-state index >= 15 is 0 Å². The van der Waals surface area contributed by atoms with Crippen LogP contribution in [-0.4, -0.2) is 12.6 Å². The van der Waals surface area contributed by atoms with E-state index in [0.29, 0.717) is 12.5 Å². The predicted molar refractivity (Wildman–Crippen MR) is 74.7 cm³/mol. The van der Waals surface area contributed by atoms with Gasteiger partial charge in [0, 0.05) is 17.9 Å². The van der Waals surface area contributed by atoms with Gasteiger partial charge in [-0.15, -0.1) is 0 Å². The minimum Gasteiger partial charge on any atom is -0.366 e. The van der Waals surface area contributed by atoms with Crippen LogP contribution in [0.25, 0.3) is 0 Å². The lowest BCUT2D eigenvalue weighted by molar-refractivity contribution is 0.790. The van der Waals surface area contributed by atoms with Gasteiger partial charge in [-0.3, -0.25) is 0 Å². The third-order valence-electron chi connectivity index (χ3n) is 2.95. The molecule has 0 unspecified atom stereocenters. The normalized spacial score (nSPS) is 14.4. The smallest absolute Gasteiger partial charge is 0.0642 e. The van der Waals surface area contributed by atoms with E-state index in [0.717, 1.165) is 22.6 Å². The lowest BCUT2D eigenvalue weighted by Gasteiger charge is -2.27. The van der Waals surface area contributed by atoms with Crippen LogP contribution >= 0.6 is 27.5 Å². The van der Waals surface area contributed by atoms with E-state index in [4.69, 9.17) is 16.9 Å². The molecule has 0 N–H and O–H groups in total. The molecule has 0 aromatic heterocycles. The fourth-order valence-electron chi connectivity index (χ4n) is 2.02. The Hall–Kier alpha value is -0.720. The van der Waals surface area contributed by atoms with Crippen LogP contribution in [0.15, 0.2) is 18.2 Å². The molecule has 1 saturated carbocycles. The van der Waals surface area contributed by atoms with Crippen LogP contribution in [0.4, 0.5) is 5.69 Å². The van der Waals surface area contributed by atoms with Gasteiger partial charge < -0.3 is 4.90 Å². The van der Waals surface area contributed by atoms with Crippen LogP contribution in [0.2, 0.25) is 5.02 Å². The molecule has 2 nitrogen and oxygen atoms in total. The maximum Gasteiger partial charge on any atom is 0.0642 e. The third-order valence-corrected chi connectivity index (χ3v) is 3.86. The Morgan fingerprint density at radius 2 is 2.24 bits per heavy atom. The first-order valence-electron chi connectivity index (χ1n) is 5.75. The highest BCUT2D eigenvalue weighted by atomic mass is 79.9. The number of nitrogens with zero attached hydrogens (tertiary/aromatic N) is 2. The number of hydrogen-bond donors (Lipinski definition) is 0. The first kappa shape index (κ1) is 12.7. The predicted octanol–water partition coefficient (Wildman–Crippen LogP) is 4.12. The van der Waals surface area contributed by atoms with Gasteiger partial charge in [0.05, 0.1) is 23.2 Å². The van der Waals surface area contributed by atoms with Crippen molar-refractivity contribution in [2.24, 2.45) is 0 Å². The summed E-state index contributed by atoms with van der Waals surface area (Å²) in [4.78, 5) is 2.29. The van der Waals surface area contributed by atoms with Gasteiger partial charge in [0.25, 0.3) is 0 Å². The summed E-state index contributed by atoms with van der Waals surface area (Å²) in [5.41, 5.74) is 2.30. The Morgan fingerprint density at radius 1 is 1.47 bits per heavy atom. The molecule has 0 atom stereocenters. The third kappa shape index (κ3) is 2.94. The second kappa shape index (κ2) is 5.75. The fourth-order valence-corrected chi connectivity index (χ4v) is 2.78. The maximum absolute atomic E-state index is 8.74. The molecular formula is C13H14BrClN2. The molecule has 4 heteroatoms. The maximum atomic E-state index is 8.74. The van der Waals surface area contributed by atoms with Crippen molar-refractivity contribution in [1.29, 1.82) is 5.26 Å². The molecule has 1 aliphatic rings. The molecule has 0 spiro atoms. The largest absolute Gasteiger partial charge is 0.366 e. The van der Waals surface area contributed by atoms with Gasteiger partial charge >= 0.3 is 0 Å². The zero-order valence-electron chi connectivity index (χ0n) is 9.50. The molecular weight excluding hydrogens is 300 g/mol. The number of rotatable bonds is 5.